The summed E-state index contributed by atoms with van der Waals surface area (Å²) in [6.45, 7) is 5.14. The van der Waals surface area contributed by atoms with Crippen molar-refractivity contribution in [2.75, 3.05) is 20.3 Å². The SMILES string of the molecule is CN=C(NCc1cccc(COC2CCOCC2)c1)NC(C)c1cccs1. The Morgan fingerprint density at radius 1 is 1.26 bits per heavy atom. The van der Waals surface area contributed by atoms with Crippen molar-refractivity contribution in [3.63, 3.8) is 0 Å². The Balaban J connectivity index is 1.48. The normalized spacial score (nSPS) is 16.9. The molecular formula is C21H29N3O2S. The molecule has 1 aromatic heterocycles. The summed E-state index contributed by atoms with van der Waals surface area (Å²) in [7, 11) is 1.80. The first kappa shape index (κ1) is 19.9. The van der Waals surface area contributed by atoms with Crippen LogP contribution in [0.15, 0.2) is 46.8 Å². The van der Waals surface area contributed by atoms with Gasteiger partial charge in [-0.05, 0) is 42.3 Å². The van der Waals surface area contributed by atoms with Crippen molar-refractivity contribution >= 4 is 17.3 Å². The predicted octanol–water partition coefficient (Wildman–Crippen LogP) is 3.87. The van der Waals surface area contributed by atoms with Crippen LogP contribution in [0.25, 0.3) is 0 Å². The number of hydrogen-bond acceptors (Lipinski definition) is 4. The second-order valence-electron chi connectivity index (χ2n) is 6.75. The van der Waals surface area contributed by atoms with Gasteiger partial charge >= 0.3 is 0 Å². The van der Waals surface area contributed by atoms with Crippen molar-refractivity contribution in [3.8, 4) is 0 Å². The molecule has 0 saturated carbocycles. The minimum absolute atomic E-state index is 0.232. The third-order valence-electron chi connectivity index (χ3n) is 4.65. The first-order valence-corrected chi connectivity index (χ1v) is 10.4. The molecule has 146 valence electrons. The van der Waals surface area contributed by atoms with Crippen LogP contribution in [0.5, 0.6) is 0 Å². The summed E-state index contributed by atoms with van der Waals surface area (Å²) in [4.78, 5) is 5.63. The van der Waals surface area contributed by atoms with Crippen molar-refractivity contribution in [3.05, 3.63) is 57.8 Å². The van der Waals surface area contributed by atoms with Gasteiger partial charge in [-0.15, -0.1) is 11.3 Å². The fourth-order valence-corrected chi connectivity index (χ4v) is 3.81. The highest BCUT2D eigenvalue weighted by atomic mass is 32.1. The Morgan fingerprint density at radius 3 is 2.81 bits per heavy atom. The predicted molar refractivity (Wildman–Crippen MR) is 111 cm³/mol. The summed E-state index contributed by atoms with van der Waals surface area (Å²) >= 11 is 1.75. The standard InChI is InChI=1S/C21H29N3O2S/c1-16(20-7-4-12-27-20)24-21(22-2)23-14-17-5-3-6-18(13-17)15-26-19-8-10-25-11-9-19/h3-7,12-13,16,19H,8-11,14-15H2,1-2H3,(H2,22,23,24). The van der Waals surface area contributed by atoms with Gasteiger partial charge in [0.15, 0.2) is 5.96 Å². The maximum Gasteiger partial charge on any atom is 0.191 e. The maximum atomic E-state index is 6.03. The lowest BCUT2D eigenvalue weighted by molar-refractivity contribution is -0.0390. The molecule has 0 amide bonds. The molecule has 1 aliphatic heterocycles. The molecule has 1 fully saturated rings. The van der Waals surface area contributed by atoms with E-state index < -0.39 is 0 Å². The number of aliphatic imine (C=N–C) groups is 1. The smallest absolute Gasteiger partial charge is 0.191 e. The lowest BCUT2D eigenvalue weighted by Crippen LogP contribution is -2.38. The zero-order chi connectivity index (χ0) is 18.9. The van der Waals surface area contributed by atoms with Crippen molar-refractivity contribution < 1.29 is 9.47 Å². The van der Waals surface area contributed by atoms with Crippen LogP contribution in [0.4, 0.5) is 0 Å². The molecule has 1 aliphatic rings. The molecule has 1 atom stereocenters. The Bertz CT molecular complexity index is 712. The van der Waals surface area contributed by atoms with Gasteiger partial charge in [-0.2, -0.15) is 0 Å². The Kier molecular flexibility index (Phi) is 7.68. The molecule has 0 aliphatic carbocycles. The van der Waals surface area contributed by atoms with Gasteiger partial charge in [0, 0.05) is 31.7 Å². The number of nitrogens with zero attached hydrogens (tertiary/aromatic N) is 1. The van der Waals surface area contributed by atoms with E-state index >= 15 is 0 Å². The average molecular weight is 388 g/mol. The lowest BCUT2D eigenvalue weighted by Gasteiger charge is -2.22. The monoisotopic (exact) mass is 387 g/mol. The van der Waals surface area contributed by atoms with E-state index in [0.717, 1.165) is 38.6 Å². The molecule has 2 aromatic rings. The fraction of sp³-hybridized carbons (Fsp3) is 0.476. The third-order valence-corrected chi connectivity index (χ3v) is 5.71. The maximum absolute atomic E-state index is 6.03. The largest absolute Gasteiger partial charge is 0.381 e. The number of ether oxygens (including phenoxy) is 2. The number of nitrogens with one attached hydrogen (secondary N) is 2. The van der Waals surface area contributed by atoms with E-state index in [1.807, 2.05) is 0 Å². The summed E-state index contributed by atoms with van der Waals surface area (Å²) < 4.78 is 11.4. The Morgan fingerprint density at radius 2 is 2.07 bits per heavy atom. The summed E-state index contributed by atoms with van der Waals surface area (Å²) in [5.74, 6) is 0.805. The molecule has 0 bridgehead atoms. The van der Waals surface area contributed by atoms with E-state index in [9.17, 15) is 0 Å². The van der Waals surface area contributed by atoms with E-state index in [0.29, 0.717) is 12.7 Å². The Labute approximate surface area is 165 Å². The van der Waals surface area contributed by atoms with Crippen LogP contribution in [0.1, 0.15) is 41.8 Å². The minimum Gasteiger partial charge on any atom is -0.381 e. The molecule has 1 aromatic carbocycles. The van der Waals surface area contributed by atoms with Crippen molar-refractivity contribution in [2.45, 2.75) is 45.1 Å². The summed E-state index contributed by atoms with van der Waals surface area (Å²) in [6, 6.07) is 13.0. The van der Waals surface area contributed by atoms with Crippen LogP contribution < -0.4 is 10.6 Å². The lowest BCUT2D eigenvalue weighted by atomic mass is 10.1. The first-order chi connectivity index (χ1) is 13.2. The van der Waals surface area contributed by atoms with Crippen LogP contribution in [-0.4, -0.2) is 32.3 Å². The number of benzene rings is 1. The molecule has 0 radical (unpaired) electrons. The zero-order valence-corrected chi connectivity index (χ0v) is 16.9. The average Bonchev–Trinajstić information content (AvgIpc) is 3.25. The summed E-state index contributed by atoms with van der Waals surface area (Å²) in [5, 5.41) is 8.93. The Hall–Kier alpha value is -1.89. The zero-order valence-electron chi connectivity index (χ0n) is 16.1. The highest BCUT2D eigenvalue weighted by Crippen LogP contribution is 2.18. The fourth-order valence-electron chi connectivity index (χ4n) is 3.08. The van der Waals surface area contributed by atoms with Crippen molar-refractivity contribution in [1.29, 1.82) is 0 Å². The van der Waals surface area contributed by atoms with Gasteiger partial charge < -0.3 is 20.1 Å². The van der Waals surface area contributed by atoms with Crippen molar-refractivity contribution in [1.82, 2.24) is 10.6 Å². The third kappa shape index (κ3) is 6.34. The highest BCUT2D eigenvalue weighted by Gasteiger charge is 2.14. The number of rotatable bonds is 7. The molecule has 6 heteroatoms. The first-order valence-electron chi connectivity index (χ1n) is 9.52. The molecule has 2 heterocycles. The van der Waals surface area contributed by atoms with Gasteiger partial charge in [0.25, 0.3) is 0 Å². The minimum atomic E-state index is 0.232. The van der Waals surface area contributed by atoms with Crippen LogP contribution >= 0.6 is 11.3 Å². The molecule has 1 unspecified atom stereocenters. The van der Waals surface area contributed by atoms with Crippen molar-refractivity contribution in [2.24, 2.45) is 4.99 Å². The van der Waals surface area contributed by atoms with E-state index in [1.54, 1.807) is 18.4 Å². The molecule has 27 heavy (non-hydrogen) atoms. The van der Waals surface area contributed by atoms with Crippen LogP contribution in [0.3, 0.4) is 0 Å². The van der Waals surface area contributed by atoms with Gasteiger partial charge in [0.1, 0.15) is 0 Å². The van der Waals surface area contributed by atoms with Crippen LogP contribution in [0.2, 0.25) is 0 Å². The highest BCUT2D eigenvalue weighted by molar-refractivity contribution is 7.10. The number of hydrogen-bond donors (Lipinski definition) is 2. The summed E-state index contributed by atoms with van der Waals surface area (Å²) in [5.41, 5.74) is 2.42. The van der Waals surface area contributed by atoms with E-state index in [4.69, 9.17) is 9.47 Å². The van der Waals surface area contributed by atoms with E-state index in [1.165, 1.54) is 16.0 Å². The molecular weight excluding hydrogens is 358 g/mol. The molecule has 5 nitrogen and oxygen atoms in total. The van der Waals surface area contributed by atoms with Gasteiger partial charge in [0.2, 0.25) is 0 Å². The van der Waals surface area contributed by atoms with Gasteiger partial charge in [-0.1, -0.05) is 30.3 Å². The van der Waals surface area contributed by atoms with Gasteiger partial charge in [-0.25, -0.2) is 0 Å². The number of thiophene rings is 1. The van der Waals surface area contributed by atoms with E-state index in [2.05, 4.69) is 64.3 Å². The number of guanidine groups is 1. The van der Waals surface area contributed by atoms with Gasteiger partial charge in [-0.3, -0.25) is 4.99 Å². The second-order valence-corrected chi connectivity index (χ2v) is 7.73. The van der Waals surface area contributed by atoms with Crippen LogP contribution in [-0.2, 0) is 22.6 Å². The molecule has 3 rings (SSSR count). The van der Waals surface area contributed by atoms with E-state index in [-0.39, 0.29) is 6.04 Å². The molecule has 1 saturated heterocycles. The quantitative estimate of drug-likeness (QED) is 0.559. The molecule has 2 N–H and O–H groups in total. The second kappa shape index (κ2) is 10.4. The topological polar surface area (TPSA) is 54.9 Å². The summed E-state index contributed by atoms with van der Waals surface area (Å²) in [6.07, 6.45) is 2.31. The molecule has 0 spiro atoms. The van der Waals surface area contributed by atoms with Crippen LogP contribution in [0, 0.1) is 0 Å². The van der Waals surface area contributed by atoms with Gasteiger partial charge in [0.05, 0.1) is 18.8 Å².